The SMILES string of the molecule is C[C@H](c1cccs1)[S@@](=O)Cc1ncc(-c2cccs2)o1. The Balaban J connectivity index is 1.70. The van der Waals surface area contributed by atoms with Crippen molar-refractivity contribution in [2.45, 2.75) is 17.9 Å². The average Bonchev–Trinajstić information content (AvgIpc) is 3.19. The largest absolute Gasteiger partial charge is 0.439 e. The van der Waals surface area contributed by atoms with Crippen LogP contribution in [0.1, 0.15) is 22.9 Å². The van der Waals surface area contributed by atoms with Crippen LogP contribution in [0.25, 0.3) is 10.6 Å². The van der Waals surface area contributed by atoms with E-state index in [1.54, 1.807) is 28.9 Å². The summed E-state index contributed by atoms with van der Waals surface area (Å²) in [5, 5.41) is 4.00. The number of thiophene rings is 2. The molecule has 0 saturated carbocycles. The molecule has 0 bridgehead atoms. The number of hydrogen-bond donors (Lipinski definition) is 0. The highest BCUT2D eigenvalue weighted by atomic mass is 32.2. The molecule has 3 heterocycles. The molecule has 0 aromatic carbocycles. The summed E-state index contributed by atoms with van der Waals surface area (Å²) in [6.07, 6.45) is 1.70. The van der Waals surface area contributed by atoms with Gasteiger partial charge in [0.25, 0.3) is 0 Å². The maximum absolute atomic E-state index is 12.3. The van der Waals surface area contributed by atoms with Gasteiger partial charge in [0, 0.05) is 15.7 Å². The molecule has 0 fully saturated rings. The molecule has 2 atom stereocenters. The fourth-order valence-corrected chi connectivity index (χ4v) is 4.60. The van der Waals surface area contributed by atoms with Gasteiger partial charge in [-0.05, 0) is 29.8 Å². The first kappa shape index (κ1) is 13.7. The minimum atomic E-state index is -1.02. The lowest BCUT2D eigenvalue weighted by Crippen LogP contribution is -2.04. The van der Waals surface area contributed by atoms with Gasteiger partial charge >= 0.3 is 0 Å². The molecule has 0 aliphatic rings. The monoisotopic (exact) mass is 323 g/mol. The highest BCUT2D eigenvalue weighted by Gasteiger charge is 2.17. The summed E-state index contributed by atoms with van der Waals surface area (Å²) in [6, 6.07) is 7.95. The molecular formula is C14H13NO2S3. The average molecular weight is 323 g/mol. The third kappa shape index (κ3) is 2.92. The fourth-order valence-electron chi connectivity index (χ4n) is 1.81. The molecule has 0 radical (unpaired) electrons. The molecule has 3 nitrogen and oxygen atoms in total. The van der Waals surface area contributed by atoms with Crippen molar-refractivity contribution in [2.24, 2.45) is 0 Å². The molecule has 104 valence electrons. The van der Waals surface area contributed by atoms with Gasteiger partial charge in [0.2, 0.25) is 5.89 Å². The second-order valence-corrected chi connectivity index (χ2v) is 7.96. The van der Waals surface area contributed by atoms with Crippen LogP contribution in [0.2, 0.25) is 0 Å². The summed E-state index contributed by atoms with van der Waals surface area (Å²) in [7, 11) is -1.02. The van der Waals surface area contributed by atoms with E-state index in [9.17, 15) is 4.21 Å². The van der Waals surface area contributed by atoms with Crippen LogP contribution in [-0.2, 0) is 16.6 Å². The predicted molar refractivity (Wildman–Crippen MR) is 84.4 cm³/mol. The molecular weight excluding hydrogens is 310 g/mol. The molecule has 0 aliphatic heterocycles. The predicted octanol–water partition coefficient (Wildman–Crippen LogP) is 4.47. The van der Waals surface area contributed by atoms with Crippen LogP contribution in [0.4, 0.5) is 0 Å². The van der Waals surface area contributed by atoms with E-state index in [-0.39, 0.29) is 5.25 Å². The van der Waals surface area contributed by atoms with Gasteiger partial charge in [-0.15, -0.1) is 22.7 Å². The van der Waals surface area contributed by atoms with Gasteiger partial charge in [0.1, 0.15) is 5.75 Å². The molecule has 0 aliphatic carbocycles. The molecule has 0 saturated heterocycles. The van der Waals surface area contributed by atoms with Crippen LogP contribution in [0, 0.1) is 0 Å². The maximum atomic E-state index is 12.3. The van der Waals surface area contributed by atoms with Gasteiger partial charge in [0.05, 0.1) is 16.3 Å². The summed E-state index contributed by atoms with van der Waals surface area (Å²) < 4.78 is 18.0. The lowest BCUT2D eigenvalue weighted by atomic mass is 10.4. The molecule has 0 unspecified atom stereocenters. The lowest BCUT2D eigenvalue weighted by molar-refractivity contribution is 0.527. The van der Waals surface area contributed by atoms with Crippen LogP contribution in [0.5, 0.6) is 0 Å². The van der Waals surface area contributed by atoms with Gasteiger partial charge in [0.15, 0.2) is 5.76 Å². The molecule has 6 heteroatoms. The van der Waals surface area contributed by atoms with Crippen LogP contribution in [0.3, 0.4) is 0 Å². The van der Waals surface area contributed by atoms with Crippen molar-refractivity contribution in [3.05, 3.63) is 52.0 Å². The minimum absolute atomic E-state index is 0.00656. The second kappa shape index (κ2) is 6.03. The van der Waals surface area contributed by atoms with Crippen LogP contribution in [0.15, 0.2) is 45.6 Å². The van der Waals surface area contributed by atoms with Crippen LogP contribution in [-0.4, -0.2) is 9.19 Å². The van der Waals surface area contributed by atoms with E-state index < -0.39 is 10.8 Å². The Morgan fingerprint density at radius 2 is 2.10 bits per heavy atom. The highest BCUT2D eigenvalue weighted by molar-refractivity contribution is 7.84. The van der Waals surface area contributed by atoms with Crippen molar-refractivity contribution in [1.82, 2.24) is 4.98 Å². The van der Waals surface area contributed by atoms with Crippen molar-refractivity contribution in [1.29, 1.82) is 0 Å². The summed E-state index contributed by atoms with van der Waals surface area (Å²) in [5.74, 6) is 1.63. The van der Waals surface area contributed by atoms with Crippen molar-refractivity contribution in [3.63, 3.8) is 0 Å². The standard InChI is InChI=1S/C14H13NO2S3/c1-10(12-4-2-6-18-12)20(16)9-14-15-8-11(17-14)13-5-3-7-19-13/h2-8,10H,9H2,1H3/t10-,20+/m1/s1. The second-order valence-electron chi connectivity index (χ2n) is 4.28. The third-order valence-corrected chi connectivity index (χ3v) is 6.58. The van der Waals surface area contributed by atoms with Gasteiger partial charge in [-0.1, -0.05) is 12.1 Å². The fraction of sp³-hybridized carbons (Fsp3) is 0.214. The van der Waals surface area contributed by atoms with Crippen molar-refractivity contribution in [2.75, 3.05) is 0 Å². The Kier molecular flexibility index (Phi) is 4.14. The summed E-state index contributed by atoms with van der Waals surface area (Å²) in [4.78, 5) is 6.40. The highest BCUT2D eigenvalue weighted by Crippen LogP contribution is 2.28. The normalized spacial score (nSPS) is 14.2. The molecule has 3 aromatic heterocycles. The Bertz CT molecular complexity index is 686. The van der Waals surface area contributed by atoms with Crippen molar-refractivity contribution in [3.8, 4) is 10.6 Å². The number of hydrogen-bond acceptors (Lipinski definition) is 5. The Morgan fingerprint density at radius 3 is 2.80 bits per heavy atom. The molecule has 20 heavy (non-hydrogen) atoms. The summed E-state index contributed by atoms with van der Waals surface area (Å²) in [5.41, 5.74) is 0. The Labute approximate surface area is 127 Å². The topological polar surface area (TPSA) is 43.1 Å². The smallest absolute Gasteiger partial charge is 0.207 e. The van der Waals surface area contributed by atoms with Gasteiger partial charge in [-0.2, -0.15) is 0 Å². The first-order chi connectivity index (χ1) is 9.74. The third-order valence-electron chi connectivity index (χ3n) is 2.92. The number of nitrogens with zero attached hydrogens (tertiary/aromatic N) is 1. The van der Waals surface area contributed by atoms with E-state index >= 15 is 0 Å². The van der Waals surface area contributed by atoms with E-state index in [0.717, 1.165) is 15.5 Å². The van der Waals surface area contributed by atoms with E-state index in [1.165, 1.54) is 0 Å². The number of oxazole rings is 1. The summed E-state index contributed by atoms with van der Waals surface area (Å²) >= 11 is 3.24. The van der Waals surface area contributed by atoms with Crippen molar-refractivity contribution >= 4 is 33.5 Å². The van der Waals surface area contributed by atoms with E-state index in [2.05, 4.69) is 4.98 Å². The maximum Gasteiger partial charge on any atom is 0.207 e. The molecule has 0 N–H and O–H groups in total. The van der Waals surface area contributed by atoms with Gasteiger partial charge in [-0.3, -0.25) is 4.21 Å². The molecule has 3 aromatic rings. The zero-order valence-electron chi connectivity index (χ0n) is 10.8. The first-order valence-electron chi connectivity index (χ1n) is 6.13. The summed E-state index contributed by atoms with van der Waals surface area (Å²) in [6.45, 7) is 1.98. The Hall–Kier alpha value is -1.24. The van der Waals surface area contributed by atoms with Gasteiger partial charge < -0.3 is 4.42 Å². The van der Waals surface area contributed by atoms with Crippen LogP contribution >= 0.6 is 22.7 Å². The zero-order valence-corrected chi connectivity index (χ0v) is 13.3. The molecule has 0 spiro atoms. The minimum Gasteiger partial charge on any atom is -0.439 e. The molecule has 0 amide bonds. The van der Waals surface area contributed by atoms with E-state index in [4.69, 9.17) is 4.42 Å². The van der Waals surface area contributed by atoms with Gasteiger partial charge in [-0.25, -0.2) is 4.98 Å². The van der Waals surface area contributed by atoms with E-state index in [1.807, 2.05) is 41.9 Å². The van der Waals surface area contributed by atoms with Crippen LogP contribution < -0.4 is 0 Å². The number of aromatic nitrogens is 1. The number of rotatable bonds is 5. The van der Waals surface area contributed by atoms with E-state index in [0.29, 0.717) is 11.6 Å². The first-order valence-corrected chi connectivity index (χ1v) is 9.27. The molecule has 3 rings (SSSR count). The lowest BCUT2D eigenvalue weighted by Gasteiger charge is -2.07. The quantitative estimate of drug-likeness (QED) is 0.695. The Morgan fingerprint density at radius 1 is 1.30 bits per heavy atom. The van der Waals surface area contributed by atoms with Crippen molar-refractivity contribution < 1.29 is 8.63 Å². The zero-order chi connectivity index (χ0) is 13.9.